The molecule has 4 nitrogen and oxygen atoms in total. The molecule has 0 saturated heterocycles. The van der Waals surface area contributed by atoms with Crippen LogP contribution in [0, 0.1) is 0 Å². The van der Waals surface area contributed by atoms with Gasteiger partial charge < -0.3 is 5.11 Å². The zero-order valence-electron chi connectivity index (χ0n) is 8.80. The molecule has 3 rings (SSSR count). The Kier molecular flexibility index (Phi) is 2.22. The van der Waals surface area contributed by atoms with Gasteiger partial charge in [0.05, 0.1) is 0 Å². The van der Waals surface area contributed by atoms with Crippen molar-refractivity contribution in [3.8, 4) is 0 Å². The highest BCUT2D eigenvalue weighted by atomic mass is 16.3. The van der Waals surface area contributed by atoms with Gasteiger partial charge in [-0.3, -0.25) is 5.10 Å². The van der Waals surface area contributed by atoms with Crippen LogP contribution in [0.15, 0.2) is 30.6 Å². The first-order chi connectivity index (χ1) is 7.84. The number of benzene rings is 1. The Morgan fingerprint density at radius 2 is 2.31 bits per heavy atom. The summed E-state index contributed by atoms with van der Waals surface area (Å²) >= 11 is 0. The van der Waals surface area contributed by atoms with Gasteiger partial charge in [-0.2, -0.15) is 5.10 Å². The lowest BCUT2D eigenvalue weighted by Crippen LogP contribution is -2.19. The summed E-state index contributed by atoms with van der Waals surface area (Å²) in [5.74, 6) is 1.01. The fraction of sp³-hybridized carbons (Fsp3) is 0.333. The third-order valence-corrected chi connectivity index (χ3v) is 3.22. The summed E-state index contributed by atoms with van der Waals surface area (Å²) in [6, 6.07) is 8.39. The topological polar surface area (TPSA) is 61.8 Å². The maximum atomic E-state index is 9.94. The molecular formula is C12H13N3O. The average molecular weight is 215 g/mol. The minimum atomic E-state index is -0.541. The van der Waals surface area contributed by atoms with E-state index >= 15 is 0 Å². The molecule has 82 valence electrons. The molecule has 2 unspecified atom stereocenters. The second-order valence-electron chi connectivity index (χ2n) is 4.22. The number of aromatic amines is 1. The Hall–Kier alpha value is -1.68. The van der Waals surface area contributed by atoms with E-state index in [9.17, 15) is 5.11 Å². The quantitative estimate of drug-likeness (QED) is 0.816. The summed E-state index contributed by atoms with van der Waals surface area (Å²) in [5.41, 5.74) is 2.76. The van der Waals surface area contributed by atoms with Crippen molar-refractivity contribution in [3.63, 3.8) is 0 Å². The molecule has 0 aliphatic heterocycles. The fourth-order valence-electron chi connectivity index (χ4n) is 2.33. The van der Waals surface area contributed by atoms with Crippen LogP contribution in [-0.2, 0) is 6.42 Å². The van der Waals surface area contributed by atoms with E-state index in [-0.39, 0.29) is 0 Å². The zero-order chi connectivity index (χ0) is 11.0. The lowest BCUT2D eigenvalue weighted by molar-refractivity contribution is 0.144. The molecule has 0 bridgehead atoms. The largest absolute Gasteiger partial charge is 0.385 e. The lowest BCUT2D eigenvalue weighted by atomic mass is 9.75. The normalized spacial score (nSPS) is 19.9. The van der Waals surface area contributed by atoms with Gasteiger partial charge in [0.25, 0.3) is 0 Å². The van der Waals surface area contributed by atoms with Crippen molar-refractivity contribution in [1.82, 2.24) is 15.2 Å². The first-order valence-electron chi connectivity index (χ1n) is 5.45. The first kappa shape index (κ1) is 9.54. The van der Waals surface area contributed by atoms with Gasteiger partial charge in [-0.1, -0.05) is 24.3 Å². The Bertz CT molecular complexity index is 481. The number of H-pyrrole nitrogens is 1. The van der Waals surface area contributed by atoms with E-state index in [4.69, 9.17) is 0 Å². The number of nitrogens with one attached hydrogen (secondary N) is 1. The van der Waals surface area contributed by atoms with Crippen LogP contribution >= 0.6 is 0 Å². The molecular weight excluding hydrogens is 202 g/mol. The van der Waals surface area contributed by atoms with E-state index in [2.05, 4.69) is 33.4 Å². The zero-order valence-corrected chi connectivity index (χ0v) is 8.80. The van der Waals surface area contributed by atoms with Crippen LogP contribution in [0.3, 0.4) is 0 Å². The number of aliphatic hydroxyl groups is 1. The summed E-state index contributed by atoms with van der Waals surface area (Å²) < 4.78 is 0. The number of hydrogen-bond acceptors (Lipinski definition) is 3. The van der Waals surface area contributed by atoms with Crippen molar-refractivity contribution < 1.29 is 5.11 Å². The number of hydrogen-bond donors (Lipinski definition) is 2. The van der Waals surface area contributed by atoms with Gasteiger partial charge in [-0.15, -0.1) is 0 Å². The SMILES string of the molecule is OC(CC1Cc2ccccc21)c1ncn[nH]1. The summed E-state index contributed by atoms with van der Waals surface area (Å²) in [4.78, 5) is 3.97. The van der Waals surface area contributed by atoms with Gasteiger partial charge in [-0.25, -0.2) is 4.98 Å². The van der Waals surface area contributed by atoms with E-state index in [1.807, 2.05) is 6.07 Å². The van der Waals surface area contributed by atoms with E-state index in [0.29, 0.717) is 18.2 Å². The molecule has 1 aliphatic carbocycles. The predicted molar refractivity (Wildman–Crippen MR) is 58.8 cm³/mol. The minimum Gasteiger partial charge on any atom is -0.385 e. The second-order valence-corrected chi connectivity index (χ2v) is 4.22. The van der Waals surface area contributed by atoms with Gasteiger partial charge in [0.1, 0.15) is 12.4 Å². The number of aliphatic hydroxyl groups excluding tert-OH is 1. The molecule has 0 saturated carbocycles. The Labute approximate surface area is 93.4 Å². The highest BCUT2D eigenvalue weighted by Crippen LogP contribution is 2.40. The van der Waals surface area contributed by atoms with Crippen LogP contribution in [0.25, 0.3) is 0 Å². The molecule has 2 atom stereocenters. The van der Waals surface area contributed by atoms with Crippen LogP contribution in [0.4, 0.5) is 0 Å². The van der Waals surface area contributed by atoms with Crippen LogP contribution in [0.1, 0.15) is 35.4 Å². The highest BCUT2D eigenvalue weighted by Gasteiger charge is 2.28. The number of aromatic nitrogens is 3. The summed E-state index contributed by atoms with van der Waals surface area (Å²) in [7, 11) is 0. The molecule has 0 spiro atoms. The fourth-order valence-corrected chi connectivity index (χ4v) is 2.33. The summed E-state index contributed by atoms with van der Waals surface area (Å²) in [5, 5.41) is 16.4. The second kappa shape index (κ2) is 3.72. The predicted octanol–water partition coefficient (Wildman–Crippen LogP) is 1.57. The maximum absolute atomic E-state index is 9.94. The van der Waals surface area contributed by atoms with Gasteiger partial charge in [-0.05, 0) is 29.9 Å². The molecule has 1 heterocycles. The van der Waals surface area contributed by atoms with Crippen LogP contribution < -0.4 is 0 Å². The van der Waals surface area contributed by atoms with E-state index in [0.717, 1.165) is 6.42 Å². The highest BCUT2D eigenvalue weighted by molar-refractivity contribution is 5.39. The van der Waals surface area contributed by atoms with E-state index in [1.165, 1.54) is 17.5 Å². The van der Waals surface area contributed by atoms with Crippen LogP contribution in [-0.4, -0.2) is 20.3 Å². The Balaban J connectivity index is 1.70. The third-order valence-electron chi connectivity index (χ3n) is 3.22. The van der Waals surface area contributed by atoms with Gasteiger partial charge in [0.2, 0.25) is 0 Å². The van der Waals surface area contributed by atoms with Crippen LogP contribution in [0.5, 0.6) is 0 Å². The van der Waals surface area contributed by atoms with Gasteiger partial charge in [0, 0.05) is 0 Å². The van der Waals surface area contributed by atoms with E-state index < -0.39 is 6.10 Å². The Morgan fingerprint density at radius 3 is 3.06 bits per heavy atom. The molecule has 2 N–H and O–H groups in total. The molecule has 0 amide bonds. The summed E-state index contributed by atoms with van der Waals surface area (Å²) in [6.07, 6.45) is 2.65. The molecule has 16 heavy (non-hydrogen) atoms. The van der Waals surface area contributed by atoms with Gasteiger partial charge in [0.15, 0.2) is 5.82 Å². The molecule has 4 heteroatoms. The molecule has 2 aromatic rings. The molecule has 0 radical (unpaired) electrons. The van der Waals surface area contributed by atoms with Crippen molar-refractivity contribution >= 4 is 0 Å². The minimum absolute atomic E-state index is 0.455. The van der Waals surface area contributed by atoms with Crippen molar-refractivity contribution in [3.05, 3.63) is 47.5 Å². The summed E-state index contributed by atoms with van der Waals surface area (Å²) in [6.45, 7) is 0. The first-order valence-corrected chi connectivity index (χ1v) is 5.45. The monoisotopic (exact) mass is 215 g/mol. The molecule has 0 fully saturated rings. The smallest absolute Gasteiger partial charge is 0.153 e. The lowest BCUT2D eigenvalue weighted by Gasteiger charge is -2.31. The Morgan fingerprint density at radius 1 is 1.44 bits per heavy atom. The van der Waals surface area contributed by atoms with Crippen molar-refractivity contribution in [2.45, 2.75) is 24.9 Å². The maximum Gasteiger partial charge on any atom is 0.153 e. The third kappa shape index (κ3) is 1.51. The molecule has 1 aromatic carbocycles. The standard InChI is InChI=1S/C12H13N3O/c16-11(12-13-7-14-15-12)6-9-5-8-3-1-2-4-10(8)9/h1-4,7,9,11,16H,5-6H2,(H,13,14,15). The van der Waals surface area contributed by atoms with Crippen molar-refractivity contribution in [1.29, 1.82) is 0 Å². The van der Waals surface area contributed by atoms with Crippen molar-refractivity contribution in [2.75, 3.05) is 0 Å². The van der Waals surface area contributed by atoms with E-state index in [1.54, 1.807) is 0 Å². The number of rotatable bonds is 3. The van der Waals surface area contributed by atoms with Gasteiger partial charge >= 0.3 is 0 Å². The van der Waals surface area contributed by atoms with Crippen molar-refractivity contribution in [2.24, 2.45) is 0 Å². The number of nitrogens with zero attached hydrogens (tertiary/aromatic N) is 2. The average Bonchev–Trinajstić information content (AvgIpc) is 2.79. The number of fused-ring (bicyclic) bond motifs is 1. The molecule has 1 aromatic heterocycles. The van der Waals surface area contributed by atoms with Crippen LogP contribution in [0.2, 0.25) is 0 Å². The molecule has 1 aliphatic rings.